The van der Waals surface area contributed by atoms with Gasteiger partial charge >= 0.3 is 0 Å². The highest BCUT2D eigenvalue weighted by molar-refractivity contribution is 6.31. The van der Waals surface area contributed by atoms with Crippen molar-refractivity contribution in [2.24, 2.45) is 11.7 Å². The van der Waals surface area contributed by atoms with E-state index in [1.54, 1.807) is 0 Å². The van der Waals surface area contributed by atoms with Crippen LogP contribution < -0.4 is 5.73 Å². The minimum Gasteiger partial charge on any atom is -0.330 e. The number of rotatable bonds is 3. The zero-order valence-corrected chi connectivity index (χ0v) is 10.0. The van der Waals surface area contributed by atoms with Crippen LogP contribution in [0.2, 0.25) is 5.02 Å². The smallest absolute Gasteiger partial charge is 0.0735 e. The molecule has 0 radical (unpaired) electrons. The summed E-state index contributed by atoms with van der Waals surface area (Å²) in [6, 6.07) is 7.89. The maximum Gasteiger partial charge on any atom is 0.0735 e. The van der Waals surface area contributed by atoms with Crippen LogP contribution in [0.5, 0.6) is 0 Å². The van der Waals surface area contributed by atoms with Crippen molar-refractivity contribution in [1.29, 1.82) is 0 Å². The molecule has 0 aliphatic heterocycles. The van der Waals surface area contributed by atoms with Gasteiger partial charge in [-0.3, -0.25) is 4.98 Å². The van der Waals surface area contributed by atoms with Gasteiger partial charge in [-0.05, 0) is 42.6 Å². The molecule has 0 amide bonds. The Morgan fingerprint density at radius 1 is 1.44 bits per heavy atom. The maximum atomic E-state index is 6.09. The van der Waals surface area contributed by atoms with Crippen LogP contribution in [0.4, 0.5) is 0 Å². The van der Waals surface area contributed by atoms with Crippen LogP contribution in [0.1, 0.15) is 12.5 Å². The van der Waals surface area contributed by atoms with E-state index >= 15 is 0 Å². The van der Waals surface area contributed by atoms with Gasteiger partial charge in [0.05, 0.1) is 5.52 Å². The van der Waals surface area contributed by atoms with Crippen molar-refractivity contribution in [2.75, 3.05) is 6.54 Å². The summed E-state index contributed by atoms with van der Waals surface area (Å²) in [6.07, 6.45) is 2.73. The number of pyridine rings is 1. The summed E-state index contributed by atoms with van der Waals surface area (Å²) in [6.45, 7) is 2.82. The van der Waals surface area contributed by atoms with Crippen molar-refractivity contribution in [3.05, 3.63) is 41.0 Å². The average molecular weight is 235 g/mol. The molecule has 0 aliphatic carbocycles. The van der Waals surface area contributed by atoms with Gasteiger partial charge in [-0.25, -0.2) is 0 Å². The number of aromatic nitrogens is 1. The van der Waals surface area contributed by atoms with Gasteiger partial charge in [0.15, 0.2) is 0 Å². The van der Waals surface area contributed by atoms with E-state index < -0.39 is 0 Å². The molecule has 0 bridgehead atoms. The molecular formula is C13H15ClN2. The Labute approximate surface area is 100 Å². The Morgan fingerprint density at radius 3 is 3.00 bits per heavy atom. The normalized spacial score (nSPS) is 12.9. The summed E-state index contributed by atoms with van der Waals surface area (Å²) in [5.74, 6) is 0.448. The van der Waals surface area contributed by atoms with Crippen LogP contribution in [0.3, 0.4) is 0 Å². The third kappa shape index (κ3) is 2.34. The molecule has 1 unspecified atom stereocenters. The standard InChI is InChI=1S/C13H15ClN2/c1-9(8-15)5-11-7-12(14)6-10-3-2-4-16-13(10)11/h2-4,6-7,9H,5,8,15H2,1H3. The molecule has 1 aromatic heterocycles. The zero-order chi connectivity index (χ0) is 11.5. The van der Waals surface area contributed by atoms with Gasteiger partial charge < -0.3 is 5.73 Å². The Balaban J connectivity index is 2.50. The lowest BCUT2D eigenvalue weighted by Crippen LogP contribution is -2.13. The second-order valence-corrected chi connectivity index (χ2v) is 4.62. The van der Waals surface area contributed by atoms with Crippen LogP contribution in [0.15, 0.2) is 30.5 Å². The highest BCUT2D eigenvalue weighted by atomic mass is 35.5. The highest BCUT2D eigenvalue weighted by Crippen LogP contribution is 2.24. The molecule has 2 nitrogen and oxygen atoms in total. The first-order valence-electron chi connectivity index (χ1n) is 5.44. The lowest BCUT2D eigenvalue weighted by atomic mass is 9.99. The summed E-state index contributed by atoms with van der Waals surface area (Å²) < 4.78 is 0. The van der Waals surface area contributed by atoms with E-state index in [9.17, 15) is 0 Å². The quantitative estimate of drug-likeness (QED) is 0.887. The predicted molar refractivity (Wildman–Crippen MR) is 68.7 cm³/mol. The maximum absolute atomic E-state index is 6.09. The van der Waals surface area contributed by atoms with E-state index in [0.29, 0.717) is 12.5 Å². The first-order chi connectivity index (χ1) is 7.70. The van der Waals surface area contributed by atoms with E-state index in [1.165, 1.54) is 5.56 Å². The van der Waals surface area contributed by atoms with Crippen LogP contribution in [0, 0.1) is 5.92 Å². The van der Waals surface area contributed by atoms with Gasteiger partial charge in [0.1, 0.15) is 0 Å². The van der Waals surface area contributed by atoms with Gasteiger partial charge in [-0.15, -0.1) is 0 Å². The largest absolute Gasteiger partial charge is 0.330 e. The number of halogens is 1. The van der Waals surface area contributed by atoms with Crippen LogP contribution in [0.25, 0.3) is 10.9 Å². The van der Waals surface area contributed by atoms with Crippen molar-refractivity contribution < 1.29 is 0 Å². The molecule has 2 rings (SSSR count). The highest BCUT2D eigenvalue weighted by Gasteiger charge is 2.07. The topological polar surface area (TPSA) is 38.9 Å². The average Bonchev–Trinajstić information content (AvgIpc) is 2.28. The van der Waals surface area contributed by atoms with Crippen molar-refractivity contribution in [1.82, 2.24) is 4.98 Å². The first-order valence-corrected chi connectivity index (χ1v) is 5.81. The zero-order valence-electron chi connectivity index (χ0n) is 9.28. The summed E-state index contributed by atoms with van der Waals surface area (Å²) in [4.78, 5) is 4.41. The molecule has 0 saturated carbocycles. The molecule has 0 aliphatic rings. The summed E-state index contributed by atoms with van der Waals surface area (Å²) in [5.41, 5.74) is 7.86. The number of hydrogen-bond donors (Lipinski definition) is 1. The summed E-state index contributed by atoms with van der Waals surface area (Å²) >= 11 is 6.09. The Bertz CT molecular complexity index is 496. The lowest BCUT2D eigenvalue weighted by molar-refractivity contribution is 0.595. The molecule has 0 fully saturated rings. The number of benzene rings is 1. The SMILES string of the molecule is CC(CN)Cc1cc(Cl)cc2cccnc12. The van der Waals surface area contributed by atoms with E-state index in [0.717, 1.165) is 22.3 Å². The number of fused-ring (bicyclic) bond motifs is 1. The van der Waals surface area contributed by atoms with Gasteiger partial charge in [0, 0.05) is 16.6 Å². The minimum absolute atomic E-state index is 0.448. The molecule has 1 atom stereocenters. The van der Waals surface area contributed by atoms with Crippen LogP contribution >= 0.6 is 11.6 Å². The van der Waals surface area contributed by atoms with Crippen molar-refractivity contribution in [3.63, 3.8) is 0 Å². The van der Waals surface area contributed by atoms with E-state index in [4.69, 9.17) is 17.3 Å². The number of nitrogens with two attached hydrogens (primary N) is 1. The molecule has 0 spiro atoms. The van der Waals surface area contributed by atoms with Gasteiger partial charge in [0.2, 0.25) is 0 Å². The van der Waals surface area contributed by atoms with Crippen LogP contribution in [-0.2, 0) is 6.42 Å². The minimum atomic E-state index is 0.448. The molecule has 0 saturated heterocycles. The Morgan fingerprint density at radius 2 is 2.25 bits per heavy atom. The van der Waals surface area contributed by atoms with Crippen molar-refractivity contribution in [3.8, 4) is 0 Å². The third-order valence-corrected chi connectivity index (χ3v) is 2.94. The fraction of sp³-hybridized carbons (Fsp3) is 0.308. The first kappa shape index (κ1) is 11.4. The lowest BCUT2D eigenvalue weighted by Gasteiger charge is -2.11. The molecule has 1 aromatic carbocycles. The van der Waals surface area contributed by atoms with Crippen molar-refractivity contribution >= 4 is 22.5 Å². The van der Waals surface area contributed by atoms with Crippen molar-refractivity contribution in [2.45, 2.75) is 13.3 Å². The van der Waals surface area contributed by atoms with Gasteiger partial charge in [-0.2, -0.15) is 0 Å². The Kier molecular flexibility index (Phi) is 3.42. The van der Waals surface area contributed by atoms with E-state index in [2.05, 4.69) is 11.9 Å². The second kappa shape index (κ2) is 4.81. The number of hydrogen-bond acceptors (Lipinski definition) is 2. The van der Waals surface area contributed by atoms with Crippen LogP contribution in [-0.4, -0.2) is 11.5 Å². The molecule has 2 N–H and O–H groups in total. The summed E-state index contributed by atoms with van der Waals surface area (Å²) in [7, 11) is 0. The van der Waals surface area contributed by atoms with E-state index in [1.807, 2.05) is 30.5 Å². The predicted octanol–water partition coefficient (Wildman–Crippen LogP) is 3.03. The van der Waals surface area contributed by atoms with Gasteiger partial charge in [-0.1, -0.05) is 24.6 Å². The molecule has 2 aromatic rings. The monoisotopic (exact) mass is 234 g/mol. The van der Waals surface area contributed by atoms with Gasteiger partial charge in [0.25, 0.3) is 0 Å². The van der Waals surface area contributed by atoms with E-state index in [-0.39, 0.29) is 0 Å². The molecular weight excluding hydrogens is 220 g/mol. The third-order valence-electron chi connectivity index (χ3n) is 2.72. The second-order valence-electron chi connectivity index (χ2n) is 4.19. The molecule has 3 heteroatoms. The molecule has 16 heavy (non-hydrogen) atoms. The molecule has 84 valence electrons. The fourth-order valence-corrected chi connectivity index (χ4v) is 2.09. The Hall–Kier alpha value is -1.12. The number of nitrogens with zero attached hydrogens (tertiary/aromatic N) is 1. The summed E-state index contributed by atoms with van der Waals surface area (Å²) in [5, 5.41) is 1.86. The fourth-order valence-electron chi connectivity index (χ4n) is 1.84. The molecule has 1 heterocycles.